The molecule has 0 saturated heterocycles. The molecule has 0 atom stereocenters. The number of aryl methyl sites for hydroxylation is 1. The normalized spacial score (nSPS) is 14.9. The Hall–Kier alpha value is -1.84. The molecular weight excluding hydrogens is 200 g/mol. The first-order valence-electron chi connectivity index (χ1n) is 5.41. The van der Waals surface area contributed by atoms with Crippen LogP contribution in [0.15, 0.2) is 24.5 Å². The first-order valence-corrected chi connectivity index (χ1v) is 5.41. The maximum absolute atomic E-state index is 4.35. The van der Waals surface area contributed by atoms with Crippen LogP contribution in [0.1, 0.15) is 11.3 Å². The molecule has 0 N–H and O–H groups in total. The highest BCUT2D eigenvalue weighted by molar-refractivity contribution is 5.41. The minimum Gasteiger partial charge on any atom is -0.350 e. The van der Waals surface area contributed by atoms with Crippen LogP contribution in [-0.2, 0) is 20.0 Å². The minimum atomic E-state index is 0.886. The Morgan fingerprint density at radius 1 is 1.44 bits per heavy atom. The van der Waals surface area contributed by atoms with E-state index in [1.54, 1.807) is 6.20 Å². The third kappa shape index (κ3) is 1.46. The summed E-state index contributed by atoms with van der Waals surface area (Å²) < 4.78 is 1.95. The Kier molecular flexibility index (Phi) is 2.13. The van der Waals surface area contributed by atoms with Crippen LogP contribution in [0.4, 0.5) is 5.82 Å². The van der Waals surface area contributed by atoms with Crippen molar-refractivity contribution in [3.8, 4) is 0 Å². The first kappa shape index (κ1) is 9.39. The summed E-state index contributed by atoms with van der Waals surface area (Å²) in [6.45, 7) is 1.89. The fourth-order valence-electron chi connectivity index (χ4n) is 2.12. The summed E-state index contributed by atoms with van der Waals surface area (Å²) in [4.78, 5) is 6.62. The van der Waals surface area contributed by atoms with Gasteiger partial charge in [0.15, 0.2) is 0 Å². The fourth-order valence-corrected chi connectivity index (χ4v) is 2.12. The lowest BCUT2D eigenvalue weighted by atomic mass is 10.1. The molecule has 0 bridgehead atoms. The molecule has 16 heavy (non-hydrogen) atoms. The molecule has 0 amide bonds. The number of hydrogen-bond acceptors (Lipinski definition) is 3. The van der Waals surface area contributed by atoms with Gasteiger partial charge in [0, 0.05) is 19.8 Å². The predicted octanol–water partition coefficient (Wildman–Crippen LogP) is 1.18. The van der Waals surface area contributed by atoms with Gasteiger partial charge in [-0.15, -0.1) is 0 Å². The Labute approximate surface area is 94.5 Å². The zero-order chi connectivity index (χ0) is 11.0. The van der Waals surface area contributed by atoms with Crippen LogP contribution >= 0.6 is 0 Å². The zero-order valence-corrected chi connectivity index (χ0v) is 9.22. The molecule has 4 heteroatoms. The van der Waals surface area contributed by atoms with Crippen LogP contribution in [0.25, 0.3) is 0 Å². The predicted molar refractivity (Wildman–Crippen MR) is 61.0 cm³/mol. The maximum atomic E-state index is 4.35. The summed E-state index contributed by atoms with van der Waals surface area (Å²) in [5, 5.41) is 4.29. The van der Waals surface area contributed by atoms with Gasteiger partial charge in [-0.2, -0.15) is 5.10 Å². The number of fused-ring (bicyclic) bond motifs is 1. The van der Waals surface area contributed by atoms with Crippen LogP contribution in [-0.4, -0.2) is 21.3 Å². The lowest BCUT2D eigenvalue weighted by Gasteiger charge is -2.28. The van der Waals surface area contributed by atoms with Gasteiger partial charge >= 0.3 is 0 Å². The third-order valence-electron chi connectivity index (χ3n) is 3.05. The van der Waals surface area contributed by atoms with Crippen molar-refractivity contribution in [2.45, 2.75) is 13.0 Å². The summed E-state index contributed by atoms with van der Waals surface area (Å²) >= 11 is 0. The van der Waals surface area contributed by atoms with Crippen molar-refractivity contribution < 1.29 is 0 Å². The summed E-state index contributed by atoms with van der Waals surface area (Å²) in [5.41, 5.74) is 2.65. The van der Waals surface area contributed by atoms with E-state index < -0.39 is 0 Å². The molecule has 0 aliphatic carbocycles. The largest absolute Gasteiger partial charge is 0.350 e. The molecule has 3 heterocycles. The van der Waals surface area contributed by atoms with Crippen molar-refractivity contribution in [3.63, 3.8) is 0 Å². The van der Waals surface area contributed by atoms with E-state index in [0.717, 1.165) is 25.3 Å². The first-order chi connectivity index (χ1) is 7.84. The average Bonchev–Trinajstić information content (AvgIpc) is 2.72. The Morgan fingerprint density at radius 2 is 2.38 bits per heavy atom. The lowest BCUT2D eigenvalue weighted by Crippen LogP contribution is -2.31. The van der Waals surface area contributed by atoms with Gasteiger partial charge in [0.25, 0.3) is 0 Å². The number of pyridine rings is 1. The van der Waals surface area contributed by atoms with E-state index in [0.29, 0.717) is 0 Å². The average molecular weight is 213 g/mol. The molecule has 3 rings (SSSR count). The fraction of sp³-hybridized carbons (Fsp3) is 0.333. The van der Waals surface area contributed by atoms with Crippen molar-refractivity contribution in [3.05, 3.63) is 41.9 Å². The number of rotatable bonds is 1. The molecule has 81 valence electrons. The van der Waals surface area contributed by atoms with Crippen LogP contribution in [0, 0.1) is 6.07 Å². The summed E-state index contributed by atoms with van der Waals surface area (Å²) in [6, 6.07) is 6.82. The van der Waals surface area contributed by atoms with Gasteiger partial charge in [0.2, 0.25) is 0 Å². The quantitative estimate of drug-likeness (QED) is 0.713. The summed E-state index contributed by atoms with van der Waals surface area (Å²) in [7, 11) is 1.99. The molecule has 0 fully saturated rings. The van der Waals surface area contributed by atoms with E-state index in [-0.39, 0.29) is 0 Å². The number of hydrogen-bond donors (Lipinski definition) is 0. The van der Waals surface area contributed by atoms with Gasteiger partial charge in [-0.1, -0.05) is 0 Å². The van der Waals surface area contributed by atoms with Gasteiger partial charge in [0.05, 0.1) is 18.4 Å². The summed E-state index contributed by atoms with van der Waals surface area (Å²) in [5.74, 6) is 0.995. The van der Waals surface area contributed by atoms with Gasteiger partial charge in [-0.05, 0) is 30.2 Å². The van der Waals surface area contributed by atoms with Crippen molar-refractivity contribution in [1.82, 2.24) is 14.8 Å². The molecule has 1 radical (unpaired) electrons. The van der Waals surface area contributed by atoms with E-state index in [4.69, 9.17) is 0 Å². The van der Waals surface area contributed by atoms with Crippen LogP contribution in [0.5, 0.6) is 0 Å². The topological polar surface area (TPSA) is 34.0 Å². The number of anilines is 1. The number of nitrogens with zero attached hydrogens (tertiary/aromatic N) is 4. The van der Waals surface area contributed by atoms with Gasteiger partial charge in [-0.25, -0.2) is 4.98 Å². The van der Waals surface area contributed by atoms with Crippen LogP contribution < -0.4 is 4.90 Å². The van der Waals surface area contributed by atoms with Gasteiger partial charge in [0.1, 0.15) is 5.82 Å². The SMILES string of the molecule is Cn1ncc2c1CN(c1c[c]ccn1)CC2. The molecule has 0 unspecified atom stereocenters. The van der Waals surface area contributed by atoms with Crippen molar-refractivity contribution in [2.75, 3.05) is 11.4 Å². The molecule has 0 saturated carbocycles. The van der Waals surface area contributed by atoms with E-state index in [9.17, 15) is 0 Å². The Bertz CT molecular complexity index is 489. The van der Waals surface area contributed by atoms with Gasteiger partial charge < -0.3 is 4.90 Å². The van der Waals surface area contributed by atoms with Crippen molar-refractivity contribution >= 4 is 5.82 Å². The van der Waals surface area contributed by atoms with Crippen molar-refractivity contribution in [2.24, 2.45) is 7.05 Å². The highest BCUT2D eigenvalue weighted by Gasteiger charge is 2.20. The molecule has 0 aromatic carbocycles. The Balaban J connectivity index is 1.90. The molecule has 4 nitrogen and oxygen atoms in total. The number of aromatic nitrogens is 3. The van der Waals surface area contributed by atoms with E-state index >= 15 is 0 Å². The molecule has 1 aliphatic heterocycles. The molecular formula is C12H13N4. The highest BCUT2D eigenvalue weighted by atomic mass is 15.3. The Morgan fingerprint density at radius 3 is 3.19 bits per heavy atom. The van der Waals surface area contributed by atoms with E-state index in [1.807, 2.05) is 30.1 Å². The third-order valence-corrected chi connectivity index (χ3v) is 3.05. The minimum absolute atomic E-state index is 0.886. The zero-order valence-electron chi connectivity index (χ0n) is 9.22. The second kappa shape index (κ2) is 3.63. The molecule has 1 aliphatic rings. The second-order valence-corrected chi connectivity index (χ2v) is 4.03. The second-order valence-electron chi connectivity index (χ2n) is 4.03. The van der Waals surface area contributed by atoms with E-state index in [2.05, 4.69) is 21.0 Å². The maximum Gasteiger partial charge on any atom is 0.129 e. The highest BCUT2D eigenvalue weighted by Crippen LogP contribution is 2.21. The standard InChI is InChI=1S/C12H13N4/c1-15-11-9-16(7-5-10(11)8-14-15)12-4-2-3-6-13-12/h3-4,6,8H,5,7,9H2,1H3. The lowest BCUT2D eigenvalue weighted by molar-refractivity contribution is 0.645. The van der Waals surface area contributed by atoms with Gasteiger partial charge in [-0.3, -0.25) is 4.68 Å². The smallest absolute Gasteiger partial charge is 0.129 e. The molecule has 0 spiro atoms. The summed E-state index contributed by atoms with van der Waals surface area (Å²) in [6.07, 6.45) is 4.80. The van der Waals surface area contributed by atoms with Crippen molar-refractivity contribution in [1.29, 1.82) is 0 Å². The molecule has 2 aromatic rings. The molecule has 2 aromatic heterocycles. The van der Waals surface area contributed by atoms with Crippen LogP contribution in [0.3, 0.4) is 0 Å². The monoisotopic (exact) mass is 213 g/mol. The van der Waals surface area contributed by atoms with Crippen LogP contribution in [0.2, 0.25) is 0 Å². The van der Waals surface area contributed by atoms with E-state index in [1.165, 1.54) is 11.3 Å².